The van der Waals surface area contributed by atoms with Crippen LogP contribution in [0, 0.1) is 0 Å². The lowest BCUT2D eigenvalue weighted by Gasteiger charge is -2.03. The van der Waals surface area contributed by atoms with Gasteiger partial charge in [0.05, 0.1) is 29.0 Å². The molecule has 0 aliphatic heterocycles. The molecular formula is C10H10N2O. The minimum Gasteiger partial charge on any atom is -0.387 e. The van der Waals surface area contributed by atoms with E-state index in [0.29, 0.717) is 5.69 Å². The molecule has 0 saturated heterocycles. The number of aliphatic hydroxyl groups excluding tert-OH is 1. The number of para-hydroxylation sites is 2. The maximum atomic E-state index is 9.28. The van der Waals surface area contributed by atoms with Crippen molar-refractivity contribution in [3.05, 3.63) is 36.2 Å². The number of aromatic nitrogens is 2. The van der Waals surface area contributed by atoms with E-state index in [-0.39, 0.29) is 0 Å². The van der Waals surface area contributed by atoms with Gasteiger partial charge in [-0.1, -0.05) is 12.1 Å². The SMILES string of the molecule is CC(O)c1cnc2ccccc2n1. The fourth-order valence-corrected chi connectivity index (χ4v) is 1.17. The zero-order chi connectivity index (χ0) is 9.26. The van der Waals surface area contributed by atoms with Gasteiger partial charge in [0.2, 0.25) is 0 Å². The van der Waals surface area contributed by atoms with Crippen LogP contribution in [0.5, 0.6) is 0 Å². The predicted molar refractivity (Wildman–Crippen MR) is 50.2 cm³/mol. The van der Waals surface area contributed by atoms with Crippen molar-refractivity contribution in [3.8, 4) is 0 Å². The lowest BCUT2D eigenvalue weighted by atomic mass is 10.2. The van der Waals surface area contributed by atoms with Crippen molar-refractivity contribution >= 4 is 11.0 Å². The third-order valence-corrected chi connectivity index (χ3v) is 1.90. The van der Waals surface area contributed by atoms with E-state index in [4.69, 9.17) is 0 Å². The third-order valence-electron chi connectivity index (χ3n) is 1.90. The number of rotatable bonds is 1. The minimum absolute atomic E-state index is 0.558. The number of nitrogens with zero attached hydrogens (tertiary/aromatic N) is 2. The Morgan fingerprint density at radius 1 is 1.23 bits per heavy atom. The van der Waals surface area contributed by atoms with Crippen LogP contribution in [0.15, 0.2) is 30.5 Å². The van der Waals surface area contributed by atoms with Crippen molar-refractivity contribution in [2.24, 2.45) is 0 Å². The van der Waals surface area contributed by atoms with Gasteiger partial charge >= 0.3 is 0 Å². The fourth-order valence-electron chi connectivity index (χ4n) is 1.17. The summed E-state index contributed by atoms with van der Waals surface area (Å²) in [6.45, 7) is 1.68. The summed E-state index contributed by atoms with van der Waals surface area (Å²) in [6, 6.07) is 7.60. The largest absolute Gasteiger partial charge is 0.387 e. The Balaban J connectivity index is 2.62. The van der Waals surface area contributed by atoms with E-state index in [0.717, 1.165) is 11.0 Å². The third kappa shape index (κ3) is 1.51. The average Bonchev–Trinajstić information content (AvgIpc) is 2.17. The van der Waals surface area contributed by atoms with Crippen molar-refractivity contribution in [2.45, 2.75) is 13.0 Å². The van der Waals surface area contributed by atoms with Crippen LogP contribution in [0.1, 0.15) is 18.7 Å². The first-order chi connectivity index (χ1) is 6.27. The summed E-state index contributed by atoms with van der Waals surface area (Å²) in [5, 5.41) is 9.28. The van der Waals surface area contributed by atoms with Crippen molar-refractivity contribution in [1.82, 2.24) is 9.97 Å². The summed E-state index contributed by atoms with van der Waals surface area (Å²) < 4.78 is 0. The van der Waals surface area contributed by atoms with Gasteiger partial charge in [-0.3, -0.25) is 4.98 Å². The summed E-state index contributed by atoms with van der Waals surface area (Å²) in [4.78, 5) is 8.44. The van der Waals surface area contributed by atoms with Crippen LogP contribution in [0.4, 0.5) is 0 Å². The van der Waals surface area contributed by atoms with Crippen molar-refractivity contribution < 1.29 is 5.11 Å². The van der Waals surface area contributed by atoms with Crippen LogP contribution >= 0.6 is 0 Å². The van der Waals surface area contributed by atoms with E-state index >= 15 is 0 Å². The highest BCUT2D eigenvalue weighted by Gasteiger charge is 2.03. The molecule has 3 nitrogen and oxygen atoms in total. The van der Waals surface area contributed by atoms with E-state index in [1.54, 1.807) is 13.1 Å². The molecule has 0 amide bonds. The smallest absolute Gasteiger partial charge is 0.0947 e. The molecule has 1 unspecified atom stereocenters. The molecule has 1 aromatic carbocycles. The van der Waals surface area contributed by atoms with E-state index in [1.165, 1.54) is 0 Å². The van der Waals surface area contributed by atoms with E-state index in [9.17, 15) is 5.11 Å². The molecule has 0 saturated carbocycles. The molecule has 1 atom stereocenters. The molecule has 0 radical (unpaired) electrons. The molecular weight excluding hydrogens is 164 g/mol. The van der Waals surface area contributed by atoms with Gasteiger partial charge in [0, 0.05) is 0 Å². The summed E-state index contributed by atoms with van der Waals surface area (Å²) in [5.41, 5.74) is 2.28. The zero-order valence-electron chi connectivity index (χ0n) is 7.31. The van der Waals surface area contributed by atoms with E-state index in [1.807, 2.05) is 24.3 Å². The second-order valence-corrected chi connectivity index (χ2v) is 2.96. The highest BCUT2D eigenvalue weighted by Crippen LogP contribution is 2.12. The van der Waals surface area contributed by atoms with Crippen LogP contribution < -0.4 is 0 Å². The number of hydrogen-bond acceptors (Lipinski definition) is 3. The van der Waals surface area contributed by atoms with Crippen LogP contribution in [-0.4, -0.2) is 15.1 Å². The molecule has 0 spiro atoms. The number of aliphatic hydroxyl groups is 1. The number of benzene rings is 1. The van der Waals surface area contributed by atoms with Gasteiger partial charge in [-0.05, 0) is 19.1 Å². The van der Waals surface area contributed by atoms with Crippen LogP contribution in [0.2, 0.25) is 0 Å². The Morgan fingerprint density at radius 3 is 2.62 bits per heavy atom. The number of fused-ring (bicyclic) bond motifs is 1. The van der Waals surface area contributed by atoms with Crippen LogP contribution in [0.3, 0.4) is 0 Å². The topological polar surface area (TPSA) is 46.0 Å². The first-order valence-corrected chi connectivity index (χ1v) is 4.17. The Bertz CT molecular complexity index is 426. The summed E-state index contributed by atoms with van der Waals surface area (Å²) in [7, 11) is 0. The quantitative estimate of drug-likeness (QED) is 0.715. The molecule has 1 N–H and O–H groups in total. The van der Waals surface area contributed by atoms with Crippen molar-refractivity contribution in [2.75, 3.05) is 0 Å². The summed E-state index contributed by atoms with van der Waals surface area (Å²) in [6.07, 6.45) is 1.05. The zero-order valence-corrected chi connectivity index (χ0v) is 7.31. The predicted octanol–water partition coefficient (Wildman–Crippen LogP) is 1.68. The molecule has 66 valence electrons. The van der Waals surface area contributed by atoms with E-state index < -0.39 is 6.10 Å². The van der Waals surface area contributed by atoms with Crippen molar-refractivity contribution in [3.63, 3.8) is 0 Å². The molecule has 0 aliphatic carbocycles. The van der Waals surface area contributed by atoms with Crippen molar-refractivity contribution in [1.29, 1.82) is 0 Å². The fraction of sp³-hybridized carbons (Fsp3) is 0.200. The highest BCUT2D eigenvalue weighted by atomic mass is 16.3. The molecule has 13 heavy (non-hydrogen) atoms. The molecule has 0 fully saturated rings. The van der Waals surface area contributed by atoms with Gasteiger partial charge < -0.3 is 5.11 Å². The molecule has 1 aromatic heterocycles. The Kier molecular flexibility index (Phi) is 1.94. The Labute approximate surface area is 76.1 Å². The van der Waals surface area contributed by atoms with Gasteiger partial charge in [-0.25, -0.2) is 4.98 Å². The first-order valence-electron chi connectivity index (χ1n) is 4.17. The molecule has 0 bridgehead atoms. The number of hydrogen-bond donors (Lipinski definition) is 1. The summed E-state index contributed by atoms with van der Waals surface area (Å²) in [5.74, 6) is 0. The Hall–Kier alpha value is -1.48. The molecule has 2 aromatic rings. The van der Waals surface area contributed by atoms with E-state index in [2.05, 4.69) is 9.97 Å². The van der Waals surface area contributed by atoms with Crippen LogP contribution in [0.25, 0.3) is 11.0 Å². The molecule has 3 heteroatoms. The monoisotopic (exact) mass is 174 g/mol. The molecule has 0 aliphatic rings. The van der Waals surface area contributed by atoms with Gasteiger partial charge in [0.15, 0.2) is 0 Å². The molecule has 1 heterocycles. The normalized spacial score (nSPS) is 13.1. The second-order valence-electron chi connectivity index (χ2n) is 2.96. The minimum atomic E-state index is -0.558. The average molecular weight is 174 g/mol. The standard InChI is InChI=1S/C10H10N2O/c1-7(13)10-6-11-8-4-2-3-5-9(8)12-10/h2-7,13H,1H3. The van der Waals surface area contributed by atoms with Gasteiger partial charge in [-0.15, -0.1) is 0 Å². The van der Waals surface area contributed by atoms with Gasteiger partial charge in [0.1, 0.15) is 0 Å². The van der Waals surface area contributed by atoms with Gasteiger partial charge in [-0.2, -0.15) is 0 Å². The van der Waals surface area contributed by atoms with Gasteiger partial charge in [0.25, 0.3) is 0 Å². The maximum absolute atomic E-state index is 9.28. The summed E-state index contributed by atoms with van der Waals surface area (Å²) >= 11 is 0. The highest BCUT2D eigenvalue weighted by molar-refractivity contribution is 5.73. The lowest BCUT2D eigenvalue weighted by molar-refractivity contribution is 0.194. The second kappa shape index (κ2) is 3.11. The maximum Gasteiger partial charge on any atom is 0.0947 e. The lowest BCUT2D eigenvalue weighted by Crippen LogP contribution is -1.96. The Morgan fingerprint density at radius 2 is 1.92 bits per heavy atom. The first kappa shape index (κ1) is 8.13. The van der Waals surface area contributed by atoms with Crippen LogP contribution in [-0.2, 0) is 0 Å². The molecule has 2 rings (SSSR count).